The summed E-state index contributed by atoms with van der Waals surface area (Å²) in [7, 11) is 0. The van der Waals surface area contributed by atoms with Crippen LogP contribution in [0.15, 0.2) is 18.2 Å². The van der Waals surface area contributed by atoms with Gasteiger partial charge in [-0.05, 0) is 43.1 Å². The van der Waals surface area contributed by atoms with E-state index in [4.69, 9.17) is 0 Å². The zero-order valence-electron chi connectivity index (χ0n) is 11.8. The summed E-state index contributed by atoms with van der Waals surface area (Å²) in [5, 5.41) is 5.50. The summed E-state index contributed by atoms with van der Waals surface area (Å²) in [6, 6.07) is 4.95. The number of nitrogens with zero attached hydrogens (tertiary/aromatic N) is 1. The third-order valence-corrected chi connectivity index (χ3v) is 4.02. The number of benzene rings is 1. The summed E-state index contributed by atoms with van der Waals surface area (Å²) in [6.07, 6.45) is 0.949. The lowest BCUT2D eigenvalue weighted by molar-refractivity contribution is -0.138. The fraction of sp³-hybridized carbons (Fsp3) is 0.400. The minimum absolute atomic E-state index is 0.0823. The molecule has 1 fully saturated rings. The molecule has 0 bridgehead atoms. The molecule has 0 aliphatic carbocycles. The number of imide groups is 1. The van der Waals surface area contributed by atoms with Crippen molar-refractivity contribution in [3.8, 4) is 0 Å². The molecule has 1 aromatic rings. The van der Waals surface area contributed by atoms with Crippen molar-refractivity contribution in [1.29, 1.82) is 0 Å². The minimum Gasteiger partial charge on any atom is -0.318 e. The third-order valence-electron chi connectivity index (χ3n) is 4.02. The molecule has 0 spiro atoms. The molecule has 6 heteroatoms. The Kier molecular flexibility index (Phi) is 3.47. The summed E-state index contributed by atoms with van der Waals surface area (Å²) in [4.78, 5) is 37.0. The molecule has 1 unspecified atom stereocenters. The number of rotatable bonds is 1. The lowest BCUT2D eigenvalue weighted by atomic mass is 9.98. The van der Waals surface area contributed by atoms with Crippen molar-refractivity contribution in [2.24, 2.45) is 0 Å². The smallest absolute Gasteiger partial charge is 0.255 e. The van der Waals surface area contributed by atoms with Crippen LogP contribution in [-0.2, 0) is 22.6 Å². The van der Waals surface area contributed by atoms with Gasteiger partial charge in [0.2, 0.25) is 11.8 Å². The van der Waals surface area contributed by atoms with Crippen LogP contribution in [0, 0.1) is 0 Å². The molecular formula is C15H17N3O3. The van der Waals surface area contributed by atoms with Crippen molar-refractivity contribution in [3.63, 3.8) is 0 Å². The molecule has 0 aromatic heterocycles. The van der Waals surface area contributed by atoms with Gasteiger partial charge in [-0.1, -0.05) is 6.07 Å². The molecule has 2 N–H and O–H groups in total. The first-order valence-electron chi connectivity index (χ1n) is 7.03. The molecule has 21 heavy (non-hydrogen) atoms. The molecule has 1 saturated heterocycles. The molecule has 110 valence electrons. The SMILES string of the molecule is CC1C(=O)NC(=O)CN1C(=O)c1ccc2c(c1)CNCC2. The van der Waals surface area contributed by atoms with E-state index in [0.29, 0.717) is 5.56 Å². The first-order chi connectivity index (χ1) is 10.1. The number of piperazine rings is 1. The normalized spacial score (nSPS) is 21.8. The number of carbonyl (C=O) groups is 3. The van der Waals surface area contributed by atoms with Crippen molar-refractivity contribution in [1.82, 2.24) is 15.5 Å². The van der Waals surface area contributed by atoms with Crippen molar-refractivity contribution < 1.29 is 14.4 Å². The van der Waals surface area contributed by atoms with Crippen LogP contribution in [0.3, 0.4) is 0 Å². The van der Waals surface area contributed by atoms with Gasteiger partial charge in [-0.25, -0.2) is 0 Å². The fourth-order valence-corrected chi connectivity index (χ4v) is 2.74. The van der Waals surface area contributed by atoms with Crippen LogP contribution in [0.4, 0.5) is 0 Å². The maximum absolute atomic E-state index is 12.6. The summed E-state index contributed by atoms with van der Waals surface area (Å²) < 4.78 is 0. The number of nitrogens with one attached hydrogen (secondary N) is 2. The number of carbonyl (C=O) groups excluding carboxylic acids is 3. The summed E-state index contributed by atoms with van der Waals surface area (Å²) >= 11 is 0. The lowest BCUT2D eigenvalue weighted by Crippen LogP contribution is -2.58. The van der Waals surface area contributed by atoms with Crippen LogP contribution in [0.5, 0.6) is 0 Å². The fourth-order valence-electron chi connectivity index (χ4n) is 2.74. The number of amides is 3. The summed E-state index contributed by atoms with van der Waals surface area (Å²) in [5.41, 5.74) is 2.87. The molecule has 0 saturated carbocycles. The predicted octanol–water partition coefficient (Wildman–Crippen LogP) is -0.181. The van der Waals surface area contributed by atoms with E-state index in [1.165, 1.54) is 10.5 Å². The quantitative estimate of drug-likeness (QED) is 0.702. The highest BCUT2D eigenvalue weighted by Gasteiger charge is 2.34. The van der Waals surface area contributed by atoms with Crippen LogP contribution in [0.1, 0.15) is 28.4 Å². The Morgan fingerprint density at radius 3 is 2.90 bits per heavy atom. The average molecular weight is 287 g/mol. The largest absolute Gasteiger partial charge is 0.318 e. The van der Waals surface area contributed by atoms with Crippen LogP contribution in [0.2, 0.25) is 0 Å². The van der Waals surface area contributed by atoms with Gasteiger partial charge in [0.1, 0.15) is 12.6 Å². The topological polar surface area (TPSA) is 78.5 Å². The summed E-state index contributed by atoms with van der Waals surface area (Å²) in [5.74, 6) is -1.15. The Hall–Kier alpha value is -2.21. The van der Waals surface area contributed by atoms with E-state index in [1.54, 1.807) is 13.0 Å². The molecule has 3 amide bonds. The van der Waals surface area contributed by atoms with Gasteiger partial charge in [-0.15, -0.1) is 0 Å². The second kappa shape index (κ2) is 5.29. The maximum atomic E-state index is 12.6. The van der Waals surface area contributed by atoms with E-state index in [2.05, 4.69) is 10.6 Å². The summed E-state index contributed by atoms with van der Waals surface area (Å²) in [6.45, 7) is 3.23. The van der Waals surface area contributed by atoms with Gasteiger partial charge in [-0.2, -0.15) is 0 Å². The number of fused-ring (bicyclic) bond motifs is 1. The molecular weight excluding hydrogens is 270 g/mol. The van der Waals surface area contributed by atoms with E-state index in [9.17, 15) is 14.4 Å². The van der Waals surface area contributed by atoms with Crippen LogP contribution in [0.25, 0.3) is 0 Å². The second-order valence-corrected chi connectivity index (χ2v) is 5.43. The van der Waals surface area contributed by atoms with Crippen LogP contribution in [-0.4, -0.2) is 41.8 Å². The first kappa shape index (κ1) is 13.8. The zero-order valence-corrected chi connectivity index (χ0v) is 11.8. The molecule has 1 atom stereocenters. The Morgan fingerprint density at radius 2 is 2.10 bits per heavy atom. The van der Waals surface area contributed by atoms with Crippen molar-refractivity contribution in [2.75, 3.05) is 13.1 Å². The monoisotopic (exact) mass is 287 g/mol. The van der Waals surface area contributed by atoms with Crippen molar-refractivity contribution in [2.45, 2.75) is 25.9 Å². The van der Waals surface area contributed by atoms with E-state index >= 15 is 0 Å². The van der Waals surface area contributed by atoms with Gasteiger partial charge < -0.3 is 10.2 Å². The van der Waals surface area contributed by atoms with E-state index in [0.717, 1.165) is 25.1 Å². The van der Waals surface area contributed by atoms with Gasteiger partial charge in [0.05, 0.1) is 0 Å². The van der Waals surface area contributed by atoms with E-state index in [-0.39, 0.29) is 12.5 Å². The predicted molar refractivity (Wildman–Crippen MR) is 75.5 cm³/mol. The second-order valence-electron chi connectivity index (χ2n) is 5.43. The van der Waals surface area contributed by atoms with E-state index in [1.807, 2.05) is 12.1 Å². The van der Waals surface area contributed by atoms with Gasteiger partial charge in [-0.3, -0.25) is 19.7 Å². The Balaban J connectivity index is 1.87. The molecule has 1 aromatic carbocycles. The highest BCUT2D eigenvalue weighted by Crippen LogP contribution is 2.18. The van der Waals surface area contributed by atoms with Crippen LogP contribution >= 0.6 is 0 Å². The minimum atomic E-state index is -0.635. The maximum Gasteiger partial charge on any atom is 0.255 e. The van der Waals surface area contributed by atoms with Gasteiger partial charge >= 0.3 is 0 Å². The molecule has 0 radical (unpaired) electrons. The Bertz CT molecular complexity index is 627. The Morgan fingerprint density at radius 1 is 1.29 bits per heavy atom. The number of hydrogen-bond acceptors (Lipinski definition) is 4. The molecule has 2 heterocycles. The third kappa shape index (κ3) is 2.54. The Labute approximate surface area is 122 Å². The highest BCUT2D eigenvalue weighted by molar-refractivity contribution is 6.07. The zero-order chi connectivity index (χ0) is 15.0. The highest BCUT2D eigenvalue weighted by atomic mass is 16.2. The molecule has 2 aliphatic heterocycles. The van der Waals surface area contributed by atoms with Crippen molar-refractivity contribution >= 4 is 17.7 Å². The lowest BCUT2D eigenvalue weighted by Gasteiger charge is -2.32. The molecule has 2 aliphatic rings. The van der Waals surface area contributed by atoms with Gasteiger partial charge in [0, 0.05) is 12.1 Å². The van der Waals surface area contributed by atoms with Crippen molar-refractivity contribution in [3.05, 3.63) is 34.9 Å². The molecule has 3 rings (SSSR count). The molecule has 6 nitrogen and oxygen atoms in total. The number of hydrogen-bond donors (Lipinski definition) is 2. The van der Waals surface area contributed by atoms with Gasteiger partial charge in [0.25, 0.3) is 5.91 Å². The van der Waals surface area contributed by atoms with E-state index < -0.39 is 17.9 Å². The van der Waals surface area contributed by atoms with Gasteiger partial charge in [0.15, 0.2) is 0 Å². The first-order valence-corrected chi connectivity index (χ1v) is 7.03. The standard InChI is InChI=1S/C15H17N3O3/c1-9-14(20)17-13(19)8-18(9)15(21)11-3-2-10-4-5-16-7-12(10)6-11/h2-3,6,9,16H,4-5,7-8H2,1H3,(H,17,19,20). The average Bonchev–Trinajstić information content (AvgIpc) is 2.49. The van der Waals surface area contributed by atoms with Crippen LogP contribution < -0.4 is 10.6 Å².